The average Bonchev–Trinajstić information content (AvgIpc) is 3.19. The van der Waals surface area contributed by atoms with Gasteiger partial charge in [-0.3, -0.25) is 4.79 Å². The Balaban J connectivity index is 1.34. The van der Waals surface area contributed by atoms with E-state index in [1.807, 2.05) is 23.1 Å². The van der Waals surface area contributed by atoms with Crippen LogP contribution in [-0.4, -0.2) is 40.9 Å². The summed E-state index contributed by atoms with van der Waals surface area (Å²) >= 11 is 0. The second kappa shape index (κ2) is 5.75. The summed E-state index contributed by atoms with van der Waals surface area (Å²) < 4.78 is 16.6. The van der Waals surface area contributed by atoms with Gasteiger partial charge in [0.1, 0.15) is 0 Å². The molecular formula is C18H19N3O4. The van der Waals surface area contributed by atoms with Crippen molar-refractivity contribution in [1.82, 2.24) is 15.1 Å². The zero-order valence-corrected chi connectivity index (χ0v) is 13.8. The van der Waals surface area contributed by atoms with E-state index in [0.717, 1.165) is 43.5 Å². The fourth-order valence-corrected chi connectivity index (χ4v) is 3.51. The van der Waals surface area contributed by atoms with Gasteiger partial charge < -0.3 is 18.8 Å². The zero-order valence-electron chi connectivity index (χ0n) is 13.8. The van der Waals surface area contributed by atoms with Gasteiger partial charge in [0, 0.05) is 24.6 Å². The molecule has 3 aliphatic rings. The third-order valence-corrected chi connectivity index (χ3v) is 5.07. The largest absolute Gasteiger partial charge is 0.454 e. The molecule has 0 N–H and O–H groups in total. The van der Waals surface area contributed by atoms with Crippen molar-refractivity contribution in [2.75, 3.05) is 19.9 Å². The number of likely N-dealkylation sites (tertiary alicyclic amines) is 1. The summed E-state index contributed by atoms with van der Waals surface area (Å²) in [5.74, 6) is 3.17. The highest BCUT2D eigenvalue weighted by atomic mass is 16.7. The highest BCUT2D eigenvalue weighted by Crippen LogP contribution is 2.37. The van der Waals surface area contributed by atoms with Crippen molar-refractivity contribution in [3.8, 4) is 23.0 Å². The van der Waals surface area contributed by atoms with Gasteiger partial charge in [0.05, 0.1) is 5.92 Å². The maximum Gasteiger partial charge on any atom is 0.247 e. The number of hydrogen-bond donors (Lipinski definition) is 0. The number of aromatic nitrogens is 2. The first-order valence-corrected chi connectivity index (χ1v) is 8.80. The zero-order chi connectivity index (χ0) is 16.8. The third kappa shape index (κ3) is 2.73. The second-order valence-corrected chi connectivity index (χ2v) is 6.91. The van der Waals surface area contributed by atoms with E-state index in [-0.39, 0.29) is 18.6 Å². The summed E-state index contributed by atoms with van der Waals surface area (Å²) in [7, 11) is 0. The Morgan fingerprint density at radius 2 is 2.00 bits per heavy atom. The molecule has 1 amide bonds. The van der Waals surface area contributed by atoms with E-state index < -0.39 is 0 Å². The smallest absolute Gasteiger partial charge is 0.247 e. The summed E-state index contributed by atoms with van der Waals surface area (Å²) in [6, 6.07) is 5.58. The van der Waals surface area contributed by atoms with E-state index >= 15 is 0 Å². The normalized spacial score (nSPS) is 22.2. The van der Waals surface area contributed by atoms with Crippen molar-refractivity contribution in [3.63, 3.8) is 0 Å². The van der Waals surface area contributed by atoms with Crippen molar-refractivity contribution in [3.05, 3.63) is 24.1 Å². The first-order valence-electron chi connectivity index (χ1n) is 8.80. The Morgan fingerprint density at radius 3 is 2.88 bits per heavy atom. The minimum atomic E-state index is 0.117. The van der Waals surface area contributed by atoms with Crippen LogP contribution in [0.1, 0.15) is 37.5 Å². The van der Waals surface area contributed by atoms with Gasteiger partial charge in [0.25, 0.3) is 0 Å². The fourth-order valence-electron chi connectivity index (χ4n) is 3.51. The van der Waals surface area contributed by atoms with Gasteiger partial charge in [-0.25, -0.2) is 0 Å². The third-order valence-electron chi connectivity index (χ3n) is 5.07. The number of fused-ring (bicyclic) bond motifs is 1. The van der Waals surface area contributed by atoms with E-state index in [9.17, 15) is 4.79 Å². The number of amides is 1. The van der Waals surface area contributed by atoms with Crippen molar-refractivity contribution in [2.45, 2.75) is 31.6 Å². The number of carbonyl (C=O) groups is 1. The summed E-state index contributed by atoms with van der Waals surface area (Å²) in [5.41, 5.74) is 0.810. The van der Waals surface area contributed by atoms with Gasteiger partial charge in [-0.1, -0.05) is 0 Å². The van der Waals surface area contributed by atoms with E-state index in [0.29, 0.717) is 30.0 Å². The molecule has 5 rings (SSSR count). The molecule has 25 heavy (non-hydrogen) atoms. The first kappa shape index (κ1) is 14.7. The molecule has 2 fully saturated rings. The van der Waals surface area contributed by atoms with Crippen LogP contribution in [-0.2, 0) is 4.79 Å². The monoisotopic (exact) mass is 341 g/mol. The number of rotatable bonds is 3. The van der Waals surface area contributed by atoms with Gasteiger partial charge in [-0.05, 0) is 43.9 Å². The number of hydrogen-bond acceptors (Lipinski definition) is 6. The Morgan fingerprint density at radius 1 is 1.12 bits per heavy atom. The molecule has 0 spiro atoms. The van der Waals surface area contributed by atoms with Crippen LogP contribution in [0.5, 0.6) is 11.5 Å². The Labute approximate surface area is 144 Å². The number of carbonyl (C=O) groups excluding carboxylic acids is 1. The van der Waals surface area contributed by atoms with Gasteiger partial charge >= 0.3 is 0 Å². The molecule has 0 bridgehead atoms. The minimum absolute atomic E-state index is 0.117. The van der Waals surface area contributed by atoms with Crippen LogP contribution < -0.4 is 9.47 Å². The number of piperidine rings is 1. The van der Waals surface area contributed by atoms with Crippen LogP contribution in [0.4, 0.5) is 0 Å². The van der Waals surface area contributed by atoms with Crippen LogP contribution in [0.3, 0.4) is 0 Å². The van der Waals surface area contributed by atoms with Crippen LogP contribution in [0.25, 0.3) is 11.5 Å². The van der Waals surface area contributed by atoms with E-state index in [1.165, 1.54) is 0 Å². The predicted molar refractivity (Wildman–Crippen MR) is 87.1 cm³/mol. The molecule has 1 aliphatic carbocycles. The molecule has 1 aromatic heterocycles. The maximum atomic E-state index is 12.3. The van der Waals surface area contributed by atoms with Gasteiger partial charge in [-0.2, -0.15) is 0 Å². The Kier molecular flexibility index (Phi) is 3.39. The van der Waals surface area contributed by atoms with Gasteiger partial charge in [0.2, 0.25) is 24.5 Å². The lowest BCUT2D eigenvalue weighted by atomic mass is 9.97. The second-order valence-electron chi connectivity index (χ2n) is 6.91. The lowest BCUT2D eigenvalue weighted by Gasteiger charge is -2.31. The highest BCUT2D eigenvalue weighted by molar-refractivity contribution is 5.81. The Bertz CT molecular complexity index is 814. The average molecular weight is 341 g/mol. The van der Waals surface area contributed by atoms with E-state index in [1.54, 1.807) is 0 Å². The lowest BCUT2D eigenvalue weighted by molar-refractivity contribution is -0.133. The predicted octanol–water partition coefficient (Wildman–Crippen LogP) is 2.58. The summed E-state index contributed by atoms with van der Waals surface area (Å²) in [4.78, 5) is 14.3. The summed E-state index contributed by atoms with van der Waals surface area (Å²) in [6.07, 6.45) is 4.02. The molecule has 1 aromatic carbocycles. The molecular weight excluding hydrogens is 322 g/mol. The molecule has 3 heterocycles. The van der Waals surface area contributed by atoms with Crippen LogP contribution in [0, 0.1) is 5.92 Å². The summed E-state index contributed by atoms with van der Waals surface area (Å²) in [6.45, 7) is 1.76. The molecule has 130 valence electrons. The molecule has 1 saturated carbocycles. The number of ether oxygens (including phenoxy) is 2. The van der Waals surface area contributed by atoms with Crippen molar-refractivity contribution >= 4 is 5.91 Å². The minimum Gasteiger partial charge on any atom is -0.454 e. The fraction of sp³-hybridized carbons (Fsp3) is 0.500. The van der Waals surface area contributed by atoms with E-state index in [2.05, 4.69) is 10.2 Å². The SMILES string of the molecule is O=C(C1CC1)N1CCCC(c2nnc(-c3ccc4c(c3)OCO4)o2)C1. The highest BCUT2D eigenvalue weighted by Gasteiger charge is 2.36. The lowest BCUT2D eigenvalue weighted by Crippen LogP contribution is -2.40. The van der Waals surface area contributed by atoms with Gasteiger partial charge in [-0.15, -0.1) is 10.2 Å². The quantitative estimate of drug-likeness (QED) is 0.854. The molecule has 2 aliphatic heterocycles. The Hall–Kier alpha value is -2.57. The molecule has 2 aromatic rings. The van der Waals surface area contributed by atoms with Crippen LogP contribution >= 0.6 is 0 Å². The number of benzene rings is 1. The standard InChI is InChI=1S/C18H19N3O4/c22-18(11-3-4-11)21-7-1-2-13(9-21)17-20-19-16(25-17)12-5-6-14-15(8-12)24-10-23-14/h5-6,8,11,13H,1-4,7,9-10H2. The first-order chi connectivity index (χ1) is 12.3. The van der Waals surface area contributed by atoms with Crippen molar-refractivity contribution < 1.29 is 18.7 Å². The summed E-state index contributed by atoms with van der Waals surface area (Å²) in [5, 5.41) is 8.43. The van der Waals surface area contributed by atoms with Crippen LogP contribution in [0.2, 0.25) is 0 Å². The molecule has 7 heteroatoms. The van der Waals surface area contributed by atoms with Crippen molar-refractivity contribution in [2.24, 2.45) is 5.92 Å². The van der Waals surface area contributed by atoms with Crippen molar-refractivity contribution in [1.29, 1.82) is 0 Å². The van der Waals surface area contributed by atoms with Crippen LogP contribution in [0.15, 0.2) is 22.6 Å². The molecule has 1 saturated heterocycles. The molecule has 0 radical (unpaired) electrons. The van der Waals surface area contributed by atoms with Gasteiger partial charge in [0.15, 0.2) is 11.5 Å². The maximum absolute atomic E-state index is 12.3. The molecule has 7 nitrogen and oxygen atoms in total. The number of nitrogens with zero attached hydrogens (tertiary/aromatic N) is 3. The van der Waals surface area contributed by atoms with E-state index in [4.69, 9.17) is 13.9 Å². The molecule has 1 atom stereocenters. The molecule has 1 unspecified atom stereocenters. The topological polar surface area (TPSA) is 77.7 Å².